The predicted molar refractivity (Wildman–Crippen MR) is 120 cm³/mol. The van der Waals surface area contributed by atoms with Crippen molar-refractivity contribution in [1.29, 1.82) is 5.26 Å². The van der Waals surface area contributed by atoms with Crippen LogP contribution in [-0.4, -0.2) is 31.4 Å². The number of tetrazole rings is 1. The fraction of sp³-hybridized carbons (Fsp3) is 0.450. The molecule has 0 radical (unpaired) electrons. The monoisotopic (exact) mass is 458 g/mol. The number of rotatable bonds is 7. The van der Waals surface area contributed by atoms with E-state index in [2.05, 4.69) is 38.4 Å². The van der Waals surface area contributed by atoms with Gasteiger partial charge in [-0.15, -0.1) is 27.8 Å². The zero-order chi connectivity index (χ0) is 20.9. The Bertz CT molecular complexity index is 1050. The molecule has 0 saturated heterocycles. The molecule has 3 aromatic rings. The summed E-state index contributed by atoms with van der Waals surface area (Å²) in [5.41, 5.74) is 1.77. The van der Waals surface area contributed by atoms with Crippen molar-refractivity contribution in [2.45, 2.75) is 62.4 Å². The van der Waals surface area contributed by atoms with Gasteiger partial charge in [-0.05, 0) is 60.0 Å². The third-order valence-corrected chi connectivity index (χ3v) is 8.28. The zero-order valence-electron chi connectivity index (χ0n) is 16.6. The summed E-state index contributed by atoms with van der Waals surface area (Å²) >= 11 is 4.60. The molecule has 156 valence electrons. The van der Waals surface area contributed by atoms with E-state index >= 15 is 0 Å². The van der Waals surface area contributed by atoms with E-state index in [1.807, 2.05) is 13.0 Å². The number of nitrogens with zero attached hydrogens (tertiary/aromatic N) is 5. The van der Waals surface area contributed by atoms with Gasteiger partial charge >= 0.3 is 0 Å². The van der Waals surface area contributed by atoms with Crippen LogP contribution < -0.4 is 5.32 Å². The second-order valence-corrected chi connectivity index (χ2v) is 10.6. The molecule has 0 bridgehead atoms. The van der Waals surface area contributed by atoms with Crippen LogP contribution in [0.15, 0.2) is 22.7 Å². The normalized spacial score (nSPS) is 14.5. The number of hydrogen-bond donors (Lipinski definition) is 1. The minimum Gasteiger partial charge on any atom is -0.316 e. The Morgan fingerprint density at radius 1 is 1.40 bits per heavy atom. The number of nitriles is 1. The highest BCUT2D eigenvalue weighted by molar-refractivity contribution is 8.00. The standard InChI is InChI=1S/C20H22N6OS3/c1-13(29-20-23-24-25-26(20)10-9-14-6-5-11-28-14)18(27)22-19-16(12-21)15-7-3-2-4-8-17(15)30-19/h5-6,11,13H,2-4,7-10H2,1H3,(H,22,27). The van der Waals surface area contributed by atoms with Crippen molar-refractivity contribution in [1.82, 2.24) is 20.2 Å². The molecule has 0 aliphatic heterocycles. The van der Waals surface area contributed by atoms with E-state index in [0.29, 0.717) is 22.3 Å². The zero-order valence-corrected chi connectivity index (χ0v) is 19.1. The fourth-order valence-corrected chi connectivity index (χ4v) is 6.22. The van der Waals surface area contributed by atoms with Crippen molar-refractivity contribution < 1.29 is 4.79 Å². The maximum Gasteiger partial charge on any atom is 0.238 e. The number of anilines is 1. The van der Waals surface area contributed by atoms with Crippen molar-refractivity contribution in [3.05, 3.63) is 38.4 Å². The number of aryl methyl sites for hydroxylation is 3. The molecule has 0 saturated carbocycles. The highest BCUT2D eigenvalue weighted by Gasteiger charge is 2.24. The second kappa shape index (κ2) is 9.73. The number of hydrogen-bond acceptors (Lipinski definition) is 8. The van der Waals surface area contributed by atoms with Crippen molar-refractivity contribution in [3.8, 4) is 6.07 Å². The number of carbonyl (C=O) groups is 1. The highest BCUT2D eigenvalue weighted by Crippen LogP contribution is 2.37. The van der Waals surface area contributed by atoms with Gasteiger partial charge < -0.3 is 5.32 Å². The van der Waals surface area contributed by atoms with Gasteiger partial charge in [0.25, 0.3) is 0 Å². The number of nitrogens with one attached hydrogen (secondary N) is 1. The van der Waals surface area contributed by atoms with Crippen LogP contribution >= 0.6 is 34.4 Å². The summed E-state index contributed by atoms with van der Waals surface area (Å²) in [5.74, 6) is -0.138. The summed E-state index contributed by atoms with van der Waals surface area (Å²) in [7, 11) is 0. The van der Waals surface area contributed by atoms with Crippen LogP contribution in [-0.2, 0) is 30.6 Å². The molecule has 0 fully saturated rings. The summed E-state index contributed by atoms with van der Waals surface area (Å²) in [6.45, 7) is 2.50. The first kappa shape index (κ1) is 21.0. The molecule has 4 rings (SSSR count). The van der Waals surface area contributed by atoms with Gasteiger partial charge in [-0.2, -0.15) is 5.26 Å². The largest absolute Gasteiger partial charge is 0.316 e. The van der Waals surface area contributed by atoms with Gasteiger partial charge in [-0.3, -0.25) is 4.79 Å². The molecule has 1 aliphatic rings. The molecule has 1 unspecified atom stereocenters. The van der Waals surface area contributed by atoms with Gasteiger partial charge in [0, 0.05) is 16.2 Å². The lowest BCUT2D eigenvalue weighted by Crippen LogP contribution is -2.23. The number of amides is 1. The molecule has 10 heteroatoms. The molecule has 0 spiro atoms. The molecule has 1 aliphatic carbocycles. The lowest BCUT2D eigenvalue weighted by molar-refractivity contribution is -0.115. The molecular weight excluding hydrogens is 436 g/mol. The molecular formula is C20H22N6OS3. The number of aromatic nitrogens is 4. The number of carbonyl (C=O) groups excluding carboxylic acids is 1. The molecule has 30 heavy (non-hydrogen) atoms. The molecule has 3 heterocycles. The predicted octanol–water partition coefficient (Wildman–Crippen LogP) is 4.30. The lowest BCUT2D eigenvalue weighted by Gasteiger charge is -2.11. The molecule has 1 atom stereocenters. The van der Waals surface area contributed by atoms with Gasteiger partial charge in [-0.1, -0.05) is 24.2 Å². The summed E-state index contributed by atoms with van der Waals surface area (Å²) in [4.78, 5) is 15.4. The van der Waals surface area contributed by atoms with Gasteiger partial charge in [0.15, 0.2) is 0 Å². The smallest absolute Gasteiger partial charge is 0.238 e. The van der Waals surface area contributed by atoms with Crippen LogP contribution in [0.5, 0.6) is 0 Å². The van der Waals surface area contributed by atoms with Crippen LogP contribution in [0.2, 0.25) is 0 Å². The average Bonchev–Trinajstić information content (AvgIpc) is 3.44. The van der Waals surface area contributed by atoms with Gasteiger partial charge in [0.2, 0.25) is 11.1 Å². The van der Waals surface area contributed by atoms with Gasteiger partial charge in [-0.25, -0.2) is 4.68 Å². The molecule has 0 aromatic carbocycles. The first-order chi connectivity index (χ1) is 14.7. The van der Waals surface area contributed by atoms with Crippen LogP contribution in [0.4, 0.5) is 5.00 Å². The minimum absolute atomic E-state index is 0.138. The number of thioether (sulfide) groups is 1. The Hall–Kier alpha value is -2.22. The average molecular weight is 459 g/mol. The van der Waals surface area contributed by atoms with Crippen LogP contribution in [0, 0.1) is 11.3 Å². The molecule has 7 nitrogen and oxygen atoms in total. The molecule has 1 amide bonds. The van der Waals surface area contributed by atoms with E-state index < -0.39 is 0 Å². The Morgan fingerprint density at radius 3 is 3.07 bits per heavy atom. The Kier molecular flexibility index (Phi) is 6.82. The summed E-state index contributed by atoms with van der Waals surface area (Å²) in [5, 5.41) is 27.5. The van der Waals surface area contributed by atoms with E-state index in [1.165, 1.54) is 27.9 Å². The van der Waals surface area contributed by atoms with E-state index in [-0.39, 0.29) is 11.2 Å². The topological polar surface area (TPSA) is 96.5 Å². The Labute approximate surface area is 187 Å². The lowest BCUT2D eigenvalue weighted by atomic mass is 10.1. The highest BCUT2D eigenvalue weighted by atomic mass is 32.2. The van der Waals surface area contributed by atoms with E-state index in [1.54, 1.807) is 27.4 Å². The fourth-order valence-electron chi connectivity index (χ4n) is 3.47. The van der Waals surface area contributed by atoms with Crippen LogP contribution in [0.3, 0.4) is 0 Å². The van der Waals surface area contributed by atoms with Crippen LogP contribution in [0.1, 0.15) is 47.1 Å². The third-order valence-electron chi connectivity index (χ3n) is 5.07. The van der Waals surface area contributed by atoms with Crippen molar-refractivity contribution in [2.24, 2.45) is 0 Å². The third kappa shape index (κ3) is 4.74. The van der Waals surface area contributed by atoms with Crippen molar-refractivity contribution in [3.63, 3.8) is 0 Å². The molecule has 3 aromatic heterocycles. The van der Waals surface area contributed by atoms with E-state index in [4.69, 9.17) is 0 Å². The maximum absolute atomic E-state index is 12.8. The van der Waals surface area contributed by atoms with Gasteiger partial charge in [0.05, 0.1) is 17.4 Å². The van der Waals surface area contributed by atoms with Crippen molar-refractivity contribution >= 4 is 45.3 Å². The van der Waals surface area contributed by atoms with E-state index in [9.17, 15) is 10.1 Å². The number of fused-ring (bicyclic) bond motifs is 1. The summed E-state index contributed by atoms with van der Waals surface area (Å²) in [6.07, 6.45) is 6.21. The SMILES string of the molecule is CC(Sc1nnnn1CCc1cccs1)C(=O)Nc1sc2c(c1C#N)CCCCC2. The Balaban J connectivity index is 1.41. The molecule has 1 N–H and O–H groups in total. The summed E-state index contributed by atoms with van der Waals surface area (Å²) < 4.78 is 1.74. The summed E-state index contributed by atoms with van der Waals surface area (Å²) in [6, 6.07) is 6.43. The number of thiophene rings is 2. The van der Waals surface area contributed by atoms with Gasteiger partial charge in [0.1, 0.15) is 11.1 Å². The first-order valence-corrected chi connectivity index (χ1v) is 12.5. The minimum atomic E-state index is -0.384. The second-order valence-electron chi connectivity index (χ2n) is 7.14. The van der Waals surface area contributed by atoms with Crippen LogP contribution in [0.25, 0.3) is 0 Å². The van der Waals surface area contributed by atoms with E-state index in [0.717, 1.165) is 37.7 Å². The quantitative estimate of drug-likeness (QED) is 0.419. The first-order valence-electron chi connectivity index (χ1n) is 9.96. The maximum atomic E-state index is 12.8. The van der Waals surface area contributed by atoms with Crippen molar-refractivity contribution in [2.75, 3.05) is 5.32 Å². The Morgan fingerprint density at radius 2 is 2.27 bits per heavy atom.